The van der Waals surface area contributed by atoms with E-state index in [1.54, 1.807) is 4.90 Å². The molecule has 0 radical (unpaired) electrons. The van der Waals surface area contributed by atoms with Gasteiger partial charge in [0.1, 0.15) is 12.6 Å². The summed E-state index contributed by atoms with van der Waals surface area (Å²) in [7, 11) is 0. The summed E-state index contributed by atoms with van der Waals surface area (Å²) >= 11 is 0. The smallest absolute Gasteiger partial charge is 0.171 e. The van der Waals surface area contributed by atoms with E-state index in [1.807, 2.05) is 0 Å². The molecule has 0 amide bonds. The largest absolute Gasteiger partial charge is 0.356 e. The third-order valence-electron chi connectivity index (χ3n) is 3.37. The minimum absolute atomic E-state index is 0.507. The van der Waals surface area contributed by atoms with Crippen molar-refractivity contribution in [2.45, 2.75) is 30.7 Å². The van der Waals surface area contributed by atoms with Crippen molar-refractivity contribution in [2.24, 2.45) is 0 Å². The lowest BCUT2D eigenvalue weighted by molar-refractivity contribution is -0.911. The van der Waals surface area contributed by atoms with E-state index in [4.69, 9.17) is 4.74 Å². The quantitative estimate of drug-likeness (QED) is 0.373. The topological polar surface area (TPSA) is 41.3 Å². The lowest BCUT2D eigenvalue weighted by Crippen LogP contribution is -3.14. The summed E-state index contributed by atoms with van der Waals surface area (Å²) in [5.41, 5.74) is 4.16. The summed E-state index contributed by atoms with van der Waals surface area (Å²) in [6.45, 7) is 2.56. The van der Waals surface area contributed by atoms with E-state index in [1.165, 1.54) is 19.5 Å². The van der Waals surface area contributed by atoms with Gasteiger partial charge in [0.2, 0.25) is 0 Å². The fourth-order valence-electron chi connectivity index (χ4n) is 2.92. The van der Waals surface area contributed by atoms with Gasteiger partial charge in [0, 0.05) is 6.42 Å². The van der Waals surface area contributed by atoms with Gasteiger partial charge >= 0.3 is 0 Å². The van der Waals surface area contributed by atoms with E-state index in [0.717, 1.165) is 6.04 Å². The van der Waals surface area contributed by atoms with Crippen LogP contribution < -0.4 is 10.6 Å². The molecule has 3 aliphatic heterocycles. The van der Waals surface area contributed by atoms with Crippen LogP contribution in [0.4, 0.5) is 0 Å². The van der Waals surface area contributed by atoms with Gasteiger partial charge in [0.25, 0.3) is 0 Å². The van der Waals surface area contributed by atoms with Gasteiger partial charge in [0.15, 0.2) is 18.2 Å². The van der Waals surface area contributed by atoms with Gasteiger partial charge in [-0.05, 0) is 0 Å². The van der Waals surface area contributed by atoms with Crippen molar-refractivity contribution in [1.82, 2.24) is 0 Å². The lowest BCUT2D eigenvalue weighted by Gasteiger charge is -2.16. The molecule has 5 atom stereocenters. The maximum Gasteiger partial charge on any atom is 0.171 e. The van der Waals surface area contributed by atoms with E-state index >= 15 is 0 Å². The molecular formula is C7H14N2O+2. The van der Waals surface area contributed by atoms with Crippen LogP contribution >= 0.6 is 0 Å². The van der Waals surface area contributed by atoms with Crippen LogP contribution in [0.15, 0.2) is 0 Å². The number of quaternary nitrogens is 2. The first kappa shape index (κ1) is 5.52. The van der Waals surface area contributed by atoms with Crippen LogP contribution in [-0.4, -0.2) is 37.4 Å². The summed E-state index contributed by atoms with van der Waals surface area (Å²) < 4.78 is 5.78. The van der Waals surface area contributed by atoms with Gasteiger partial charge in [-0.2, -0.15) is 0 Å². The van der Waals surface area contributed by atoms with Crippen LogP contribution in [0.3, 0.4) is 0 Å². The summed E-state index contributed by atoms with van der Waals surface area (Å²) in [4.78, 5) is 1.77. The molecule has 3 saturated heterocycles. The van der Waals surface area contributed by atoms with Crippen molar-refractivity contribution in [1.29, 1.82) is 0 Å². The zero-order valence-electron chi connectivity index (χ0n) is 6.05. The molecule has 3 heterocycles. The monoisotopic (exact) mass is 142 g/mol. The molecule has 3 heteroatoms. The van der Waals surface area contributed by atoms with Crippen molar-refractivity contribution >= 4 is 0 Å². The molecule has 0 spiro atoms. The second-order valence-corrected chi connectivity index (χ2v) is 3.80. The zero-order valence-corrected chi connectivity index (χ0v) is 6.05. The Kier molecular flexibility index (Phi) is 0.854. The Labute approximate surface area is 60.1 Å². The number of nitrogens with one attached hydrogen (secondary N) is 1. The van der Waals surface area contributed by atoms with Crippen LogP contribution in [-0.2, 0) is 4.74 Å². The molecule has 0 saturated carbocycles. The molecule has 2 bridgehead atoms. The first-order chi connectivity index (χ1) is 4.86. The number of hydrogen-bond acceptors (Lipinski definition) is 1. The molecule has 4 N–H and O–H groups in total. The minimum Gasteiger partial charge on any atom is -0.356 e. The Morgan fingerprint density at radius 1 is 1.40 bits per heavy atom. The van der Waals surface area contributed by atoms with Gasteiger partial charge in [-0.15, -0.1) is 0 Å². The number of hydrogen-bond donors (Lipinski definition) is 2. The van der Waals surface area contributed by atoms with Crippen LogP contribution in [0.1, 0.15) is 6.42 Å². The predicted molar refractivity (Wildman–Crippen MR) is 34.4 cm³/mol. The summed E-state index contributed by atoms with van der Waals surface area (Å²) in [5, 5.41) is 0. The van der Waals surface area contributed by atoms with Crippen LogP contribution in [0, 0.1) is 0 Å². The van der Waals surface area contributed by atoms with Gasteiger partial charge in [-0.1, -0.05) is 0 Å². The number of fused-ring (bicyclic) bond motifs is 1. The third kappa shape index (κ3) is 0.447. The summed E-state index contributed by atoms with van der Waals surface area (Å²) in [6.07, 6.45) is 2.37. The first-order valence-electron chi connectivity index (χ1n) is 4.19. The maximum atomic E-state index is 5.78. The normalized spacial score (nSPS) is 63.9. The van der Waals surface area contributed by atoms with E-state index in [2.05, 4.69) is 5.73 Å². The third-order valence-corrected chi connectivity index (χ3v) is 3.37. The van der Waals surface area contributed by atoms with Gasteiger partial charge in [-0.3, -0.25) is 0 Å². The van der Waals surface area contributed by atoms with Crippen LogP contribution in [0.5, 0.6) is 0 Å². The minimum atomic E-state index is 0.507. The SMILES string of the molecule is [NH3+]C1C2C[NH+]3CCC(O2)C13. The molecule has 0 aliphatic carbocycles. The first-order valence-corrected chi connectivity index (χ1v) is 4.19. The highest BCUT2D eigenvalue weighted by atomic mass is 16.5. The van der Waals surface area contributed by atoms with Gasteiger partial charge in [-0.25, -0.2) is 0 Å². The molecule has 0 aromatic rings. The van der Waals surface area contributed by atoms with Crippen molar-refractivity contribution in [2.75, 3.05) is 13.1 Å². The Balaban J connectivity index is 2.01. The lowest BCUT2D eigenvalue weighted by atomic mass is 10.1. The van der Waals surface area contributed by atoms with Crippen molar-refractivity contribution in [3.63, 3.8) is 0 Å². The molecule has 3 nitrogen and oxygen atoms in total. The van der Waals surface area contributed by atoms with Crippen molar-refractivity contribution < 1.29 is 15.4 Å². The molecule has 56 valence electrons. The van der Waals surface area contributed by atoms with Gasteiger partial charge in [0.05, 0.1) is 6.54 Å². The van der Waals surface area contributed by atoms with Crippen LogP contribution in [0.2, 0.25) is 0 Å². The van der Waals surface area contributed by atoms with E-state index < -0.39 is 0 Å². The molecule has 3 aliphatic rings. The van der Waals surface area contributed by atoms with E-state index in [0.29, 0.717) is 18.2 Å². The molecule has 3 fully saturated rings. The Morgan fingerprint density at radius 3 is 2.90 bits per heavy atom. The fourth-order valence-corrected chi connectivity index (χ4v) is 2.92. The van der Waals surface area contributed by atoms with Crippen molar-refractivity contribution in [3.05, 3.63) is 0 Å². The Bertz CT molecular complexity index is 156. The molecule has 0 aromatic carbocycles. The highest BCUT2D eigenvalue weighted by Crippen LogP contribution is 2.26. The molecule has 0 aromatic heterocycles. The Morgan fingerprint density at radius 2 is 2.30 bits per heavy atom. The highest BCUT2D eigenvalue weighted by Gasteiger charge is 2.62. The average Bonchev–Trinajstić information content (AvgIpc) is 2.44. The number of rotatable bonds is 0. The Hall–Kier alpha value is -0.120. The van der Waals surface area contributed by atoms with Gasteiger partial charge < -0.3 is 15.4 Å². The number of ether oxygens (including phenoxy) is 1. The number of morpholine rings is 1. The predicted octanol–water partition coefficient (Wildman–Crippen LogP) is -2.96. The zero-order chi connectivity index (χ0) is 6.72. The average molecular weight is 142 g/mol. The second kappa shape index (κ2) is 1.55. The standard InChI is InChI=1S/C7H12N2O/c8-6-5-3-9-2-1-4(10-5)7(6)9/h4-7H,1-3,8H2/p+2. The fraction of sp³-hybridized carbons (Fsp3) is 1.00. The van der Waals surface area contributed by atoms with E-state index in [9.17, 15) is 0 Å². The molecule has 5 unspecified atom stereocenters. The summed E-state index contributed by atoms with van der Waals surface area (Å²) in [5.74, 6) is 0. The second-order valence-electron chi connectivity index (χ2n) is 3.80. The van der Waals surface area contributed by atoms with Crippen molar-refractivity contribution in [3.8, 4) is 0 Å². The maximum absolute atomic E-state index is 5.78. The molecule has 3 rings (SSSR count). The molecular weight excluding hydrogens is 128 g/mol. The van der Waals surface area contributed by atoms with E-state index in [-0.39, 0.29) is 0 Å². The summed E-state index contributed by atoms with van der Waals surface area (Å²) in [6, 6.07) is 1.37. The van der Waals surface area contributed by atoms with Crippen LogP contribution in [0.25, 0.3) is 0 Å². The highest BCUT2D eigenvalue weighted by molar-refractivity contribution is 4.97. The molecule has 10 heavy (non-hydrogen) atoms.